The van der Waals surface area contributed by atoms with Crippen LogP contribution < -0.4 is 4.74 Å². The van der Waals surface area contributed by atoms with Gasteiger partial charge in [-0.15, -0.1) is 0 Å². The maximum atomic E-state index is 11.5. The van der Waals surface area contributed by atoms with Crippen molar-refractivity contribution in [3.05, 3.63) is 29.3 Å². The van der Waals surface area contributed by atoms with Crippen LogP contribution in [0.3, 0.4) is 0 Å². The largest absolute Gasteiger partial charge is 0.489 e. The van der Waals surface area contributed by atoms with Gasteiger partial charge in [0.15, 0.2) is 0 Å². The maximum absolute atomic E-state index is 11.5. The molecule has 1 aromatic rings. The normalized spacial score (nSPS) is 26.5. The highest BCUT2D eigenvalue weighted by Gasteiger charge is 2.48. The highest BCUT2D eigenvalue weighted by molar-refractivity contribution is 5.93. The van der Waals surface area contributed by atoms with Crippen LogP contribution in [0.4, 0.5) is 0 Å². The monoisotopic (exact) mass is 287 g/mol. The number of hydrogen-bond donors (Lipinski definition) is 0. The summed E-state index contributed by atoms with van der Waals surface area (Å²) in [5.41, 5.74) is 2.15. The number of likely N-dealkylation sites (tertiary alicyclic amines) is 1. The van der Waals surface area contributed by atoms with E-state index < -0.39 is 0 Å². The third kappa shape index (κ3) is 2.42. The summed E-state index contributed by atoms with van der Waals surface area (Å²) in [5.74, 6) is 0.647. The fraction of sp³-hybridized carbons (Fsp3) is 0.588. The molecule has 112 valence electrons. The second kappa shape index (κ2) is 4.73. The van der Waals surface area contributed by atoms with Crippen LogP contribution in [-0.2, 0) is 11.3 Å². The van der Waals surface area contributed by atoms with Gasteiger partial charge < -0.3 is 9.47 Å². The number of carbonyl (C=O) groups is 1. The summed E-state index contributed by atoms with van der Waals surface area (Å²) in [6.45, 7) is 5.92. The molecule has 1 aliphatic carbocycles. The topological polar surface area (TPSA) is 38.8 Å². The number of ether oxygens (including phenoxy) is 2. The summed E-state index contributed by atoms with van der Waals surface area (Å²) in [4.78, 5) is 14.0. The molecule has 1 spiro atoms. The summed E-state index contributed by atoms with van der Waals surface area (Å²) in [7, 11) is 0. The smallest absolute Gasteiger partial charge is 0.338 e. The van der Waals surface area contributed by atoms with Crippen molar-refractivity contribution < 1.29 is 14.3 Å². The number of likely N-dealkylation sites (N-methyl/N-ethyl adjacent to an activating group) is 1. The van der Waals surface area contributed by atoms with Crippen molar-refractivity contribution >= 4 is 5.97 Å². The minimum atomic E-state index is -0.219. The molecule has 3 aliphatic rings. The maximum Gasteiger partial charge on any atom is 0.338 e. The number of esters is 1. The molecule has 1 saturated heterocycles. The summed E-state index contributed by atoms with van der Waals surface area (Å²) in [5, 5.41) is 0. The van der Waals surface area contributed by atoms with E-state index in [2.05, 4.69) is 11.8 Å². The lowest BCUT2D eigenvalue weighted by Crippen LogP contribution is -2.46. The molecule has 21 heavy (non-hydrogen) atoms. The third-order valence-electron chi connectivity index (χ3n) is 5.04. The standard InChI is InChI=1S/C17H21NO3/c1-2-18-9-14(8-17(11-18)5-6-17)21-13-3-4-15-12(7-13)10-20-16(15)19/h3-4,7,14H,2,5-6,8-11H2,1H3/t14-/m0/s1. The van der Waals surface area contributed by atoms with Gasteiger partial charge in [-0.1, -0.05) is 6.92 Å². The summed E-state index contributed by atoms with van der Waals surface area (Å²) < 4.78 is 11.3. The molecular formula is C17H21NO3. The average Bonchev–Trinajstić information content (AvgIpc) is 3.11. The SMILES string of the molecule is CCN1C[C@@H](Oc2ccc3c(c2)COC3=O)CC2(CC2)C1. The van der Waals surface area contributed by atoms with Gasteiger partial charge in [0.2, 0.25) is 0 Å². The Bertz CT molecular complexity index is 579. The van der Waals surface area contributed by atoms with E-state index in [-0.39, 0.29) is 12.1 Å². The van der Waals surface area contributed by atoms with Gasteiger partial charge in [-0.05, 0) is 49.4 Å². The second-order valence-electron chi connectivity index (χ2n) is 6.67. The molecule has 0 aromatic heterocycles. The molecule has 0 N–H and O–H groups in total. The van der Waals surface area contributed by atoms with Crippen LogP contribution in [0.5, 0.6) is 5.75 Å². The molecule has 4 nitrogen and oxygen atoms in total. The van der Waals surface area contributed by atoms with Gasteiger partial charge in [0, 0.05) is 18.7 Å². The van der Waals surface area contributed by atoms with Gasteiger partial charge in [0.05, 0.1) is 5.56 Å². The first-order valence-corrected chi connectivity index (χ1v) is 7.86. The molecule has 4 heteroatoms. The molecule has 1 aromatic carbocycles. The third-order valence-corrected chi connectivity index (χ3v) is 5.04. The van der Waals surface area contributed by atoms with E-state index in [0.717, 1.165) is 30.8 Å². The molecular weight excluding hydrogens is 266 g/mol. The van der Waals surface area contributed by atoms with E-state index in [9.17, 15) is 4.79 Å². The quantitative estimate of drug-likeness (QED) is 0.801. The molecule has 2 heterocycles. The van der Waals surface area contributed by atoms with E-state index in [1.165, 1.54) is 19.4 Å². The van der Waals surface area contributed by atoms with Gasteiger partial charge in [0.25, 0.3) is 0 Å². The number of hydrogen-bond acceptors (Lipinski definition) is 4. The van der Waals surface area contributed by atoms with Gasteiger partial charge in [-0.25, -0.2) is 4.79 Å². The molecule has 1 saturated carbocycles. The highest BCUT2D eigenvalue weighted by Crippen LogP contribution is 2.52. The minimum Gasteiger partial charge on any atom is -0.489 e. The number of cyclic esters (lactones) is 1. The van der Waals surface area contributed by atoms with Gasteiger partial charge in [-0.3, -0.25) is 4.90 Å². The zero-order valence-corrected chi connectivity index (χ0v) is 12.4. The number of rotatable bonds is 3. The van der Waals surface area contributed by atoms with Crippen molar-refractivity contribution in [1.29, 1.82) is 0 Å². The first-order valence-electron chi connectivity index (χ1n) is 7.86. The average molecular weight is 287 g/mol. The lowest BCUT2D eigenvalue weighted by molar-refractivity contribution is 0.0490. The molecule has 1 atom stereocenters. The van der Waals surface area contributed by atoms with Crippen LogP contribution in [0.25, 0.3) is 0 Å². The van der Waals surface area contributed by atoms with Gasteiger partial charge in [-0.2, -0.15) is 0 Å². The van der Waals surface area contributed by atoms with Crippen molar-refractivity contribution in [2.75, 3.05) is 19.6 Å². The van der Waals surface area contributed by atoms with Crippen LogP contribution in [-0.4, -0.2) is 36.6 Å². The fourth-order valence-electron chi connectivity index (χ4n) is 3.67. The Labute approximate surface area is 125 Å². The van der Waals surface area contributed by atoms with Crippen LogP contribution in [0, 0.1) is 5.41 Å². The Morgan fingerprint density at radius 2 is 2.29 bits per heavy atom. The number of carbonyl (C=O) groups excluding carboxylic acids is 1. The molecule has 2 fully saturated rings. The molecule has 0 unspecified atom stereocenters. The lowest BCUT2D eigenvalue weighted by atomic mass is 9.93. The van der Waals surface area contributed by atoms with Crippen LogP contribution in [0.1, 0.15) is 42.1 Å². The molecule has 2 aliphatic heterocycles. The Kier molecular flexibility index (Phi) is 2.96. The molecule has 0 amide bonds. The van der Waals surface area contributed by atoms with E-state index in [4.69, 9.17) is 9.47 Å². The first-order chi connectivity index (χ1) is 10.2. The second-order valence-corrected chi connectivity index (χ2v) is 6.67. The number of piperidine rings is 1. The predicted molar refractivity (Wildman–Crippen MR) is 78.4 cm³/mol. The Hall–Kier alpha value is -1.55. The fourth-order valence-corrected chi connectivity index (χ4v) is 3.67. The zero-order chi connectivity index (χ0) is 14.4. The molecule has 0 bridgehead atoms. The molecule has 4 rings (SSSR count). The van der Waals surface area contributed by atoms with Crippen molar-refractivity contribution in [3.63, 3.8) is 0 Å². The number of nitrogens with zero attached hydrogens (tertiary/aromatic N) is 1. The van der Waals surface area contributed by atoms with E-state index >= 15 is 0 Å². The Balaban J connectivity index is 1.49. The zero-order valence-electron chi connectivity index (χ0n) is 12.4. The number of fused-ring (bicyclic) bond motifs is 1. The number of benzene rings is 1. The van der Waals surface area contributed by atoms with Crippen LogP contribution in [0.2, 0.25) is 0 Å². The van der Waals surface area contributed by atoms with E-state index in [1.54, 1.807) is 0 Å². The van der Waals surface area contributed by atoms with Crippen molar-refractivity contribution in [2.24, 2.45) is 5.41 Å². The summed E-state index contributed by atoms with van der Waals surface area (Å²) in [6.07, 6.45) is 4.11. The van der Waals surface area contributed by atoms with Crippen LogP contribution in [0.15, 0.2) is 18.2 Å². The Morgan fingerprint density at radius 3 is 3.05 bits per heavy atom. The summed E-state index contributed by atoms with van der Waals surface area (Å²) in [6, 6.07) is 5.69. The van der Waals surface area contributed by atoms with Gasteiger partial charge in [0.1, 0.15) is 18.5 Å². The Morgan fingerprint density at radius 1 is 1.43 bits per heavy atom. The van der Waals surface area contributed by atoms with Crippen molar-refractivity contribution in [3.8, 4) is 5.75 Å². The van der Waals surface area contributed by atoms with Crippen molar-refractivity contribution in [2.45, 2.75) is 38.9 Å². The van der Waals surface area contributed by atoms with E-state index in [0.29, 0.717) is 17.6 Å². The van der Waals surface area contributed by atoms with E-state index in [1.807, 2.05) is 18.2 Å². The van der Waals surface area contributed by atoms with Crippen molar-refractivity contribution in [1.82, 2.24) is 4.90 Å². The molecule has 0 radical (unpaired) electrons. The minimum absolute atomic E-state index is 0.219. The summed E-state index contributed by atoms with van der Waals surface area (Å²) >= 11 is 0. The first kappa shape index (κ1) is 13.1. The van der Waals surface area contributed by atoms with Crippen LogP contribution >= 0.6 is 0 Å². The lowest BCUT2D eigenvalue weighted by Gasteiger charge is -2.37. The van der Waals surface area contributed by atoms with Gasteiger partial charge >= 0.3 is 5.97 Å². The highest BCUT2D eigenvalue weighted by atomic mass is 16.5. The predicted octanol–water partition coefficient (Wildman–Crippen LogP) is 2.61.